The van der Waals surface area contributed by atoms with E-state index in [4.69, 9.17) is 0 Å². The molecule has 3 rings (SSSR count). The summed E-state index contributed by atoms with van der Waals surface area (Å²) in [5, 5.41) is 0. The number of para-hydroxylation sites is 1. The number of benzene rings is 2. The predicted molar refractivity (Wildman–Crippen MR) is 126 cm³/mol. The van der Waals surface area contributed by atoms with Crippen LogP contribution in [0.1, 0.15) is 37.0 Å². The number of nitrogens with zero attached hydrogens (tertiary/aromatic N) is 3. The minimum Gasteiger partial charge on any atom is -0.312 e. The minimum absolute atomic E-state index is 0.189. The van der Waals surface area contributed by atoms with Crippen molar-refractivity contribution in [2.75, 3.05) is 13.1 Å². The summed E-state index contributed by atoms with van der Waals surface area (Å²) in [6.07, 6.45) is 3.25. The van der Waals surface area contributed by atoms with E-state index in [1.165, 1.54) is 39.9 Å². The second-order valence-electron chi connectivity index (χ2n) is 7.10. The Bertz CT molecular complexity index is 1230. The normalized spacial score (nSPS) is 12.5. The lowest BCUT2D eigenvalue weighted by Crippen LogP contribution is -2.32. The highest BCUT2D eigenvalue weighted by Gasteiger charge is 2.23. The van der Waals surface area contributed by atoms with Gasteiger partial charge in [-0.25, -0.2) is 8.42 Å². The maximum atomic E-state index is 12.9. The summed E-state index contributed by atoms with van der Waals surface area (Å²) < 4.78 is 30.3. The van der Waals surface area contributed by atoms with Crippen LogP contribution in [0.15, 0.2) is 71.1 Å². The highest BCUT2D eigenvalue weighted by molar-refractivity contribution is 7.89. The zero-order valence-electron chi connectivity index (χ0n) is 17.8. The number of allylic oxidation sites excluding steroid dienone is 1. The lowest BCUT2D eigenvalue weighted by molar-refractivity contribution is 0.0998. The van der Waals surface area contributed by atoms with Crippen LogP contribution in [0.4, 0.5) is 0 Å². The van der Waals surface area contributed by atoms with Crippen molar-refractivity contribution >= 4 is 37.5 Å². The fourth-order valence-corrected chi connectivity index (χ4v) is 5.99. The van der Waals surface area contributed by atoms with Gasteiger partial charge in [0.05, 0.1) is 15.1 Å². The van der Waals surface area contributed by atoms with Crippen molar-refractivity contribution in [3.05, 3.63) is 71.6 Å². The Morgan fingerprint density at radius 3 is 2.35 bits per heavy atom. The molecule has 31 heavy (non-hydrogen) atoms. The third-order valence-corrected chi connectivity index (χ3v) is 7.75. The van der Waals surface area contributed by atoms with E-state index in [0.717, 1.165) is 23.1 Å². The van der Waals surface area contributed by atoms with Crippen molar-refractivity contribution in [1.29, 1.82) is 0 Å². The molecule has 164 valence electrons. The van der Waals surface area contributed by atoms with Crippen LogP contribution in [0, 0.1) is 0 Å². The Labute approximate surface area is 187 Å². The summed E-state index contributed by atoms with van der Waals surface area (Å²) in [6.45, 7) is 9.18. The fraction of sp³-hybridized carbons (Fsp3) is 0.304. The van der Waals surface area contributed by atoms with Gasteiger partial charge in [0.25, 0.3) is 5.91 Å². The van der Waals surface area contributed by atoms with Crippen LogP contribution < -0.4 is 4.80 Å². The third kappa shape index (κ3) is 5.03. The first-order valence-electron chi connectivity index (χ1n) is 10.3. The Morgan fingerprint density at radius 1 is 1.10 bits per heavy atom. The number of aromatic nitrogens is 1. The van der Waals surface area contributed by atoms with E-state index in [2.05, 4.69) is 11.6 Å². The molecule has 1 aromatic heterocycles. The molecule has 0 bridgehead atoms. The van der Waals surface area contributed by atoms with Crippen molar-refractivity contribution in [2.24, 2.45) is 4.99 Å². The molecular formula is C23H27N3O3S2. The quantitative estimate of drug-likeness (QED) is 0.446. The van der Waals surface area contributed by atoms with Gasteiger partial charge in [-0.15, -0.1) is 6.58 Å². The summed E-state index contributed by atoms with van der Waals surface area (Å²) in [7, 11) is -3.58. The van der Waals surface area contributed by atoms with E-state index in [0.29, 0.717) is 30.0 Å². The lowest BCUT2D eigenvalue weighted by atomic mass is 10.2. The Kier molecular flexibility index (Phi) is 7.59. The van der Waals surface area contributed by atoms with Gasteiger partial charge in [-0.05, 0) is 49.2 Å². The Balaban J connectivity index is 1.93. The summed E-state index contributed by atoms with van der Waals surface area (Å²) in [6, 6.07) is 13.9. The number of rotatable bonds is 9. The van der Waals surface area contributed by atoms with E-state index in [1.54, 1.807) is 6.08 Å². The van der Waals surface area contributed by atoms with Crippen LogP contribution in [0.2, 0.25) is 0 Å². The van der Waals surface area contributed by atoms with Crippen molar-refractivity contribution in [1.82, 2.24) is 8.87 Å². The van der Waals surface area contributed by atoms with Crippen LogP contribution >= 0.6 is 11.3 Å². The van der Waals surface area contributed by atoms with Gasteiger partial charge in [0.2, 0.25) is 10.0 Å². The molecule has 1 amide bonds. The number of thiazole rings is 1. The van der Waals surface area contributed by atoms with Crippen LogP contribution in [0.3, 0.4) is 0 Å². The number of hydrogen-bond donors (Lipinski definition) is 0. The second-order valence-corrected chi connectivity index (χ2v) is 10.0. The maximum absolute atomic E-state index is 12.9. The molecule has 3 aromatic rings. The van der Waals surface area contributed by atoms with Crippen LogP contribution in [-0.2, 0) is 16.6 Å². The van der Waals surface area contributed by atoms with Crippen molar-refractivity contribution in [2.45, 2.75) is 38.1 Å². The molecular weight excluding hydrogens is 430 g/mol. The predicted octanol–water partition coefficient (Wildman–Crippen LogP) is 4.44. The number of sulfonamides is 1. The maximum Gasteiger partial charge on any atom is 0.279 e. The van der Waals surface area contributed by atoms with Crippen LogP contribution in [0.5, 0.6) is 0 Å². The van der Waals surface area contributed by atoms with Crippen LogP contribution in [0.25, 0.3) is 10.2 Å². The molecule has 0 saturated carbocycles. The number of hydrogen-bond acceptors (Lipinski definition) is 4. The molecule has 0 aliphatic heterocycles. The molecule has 0 fully saturated rings. The van der Waals surface area contributed by atoms with Gasteiger partial charge in [0.15, 0.2) is 4.80 Å². The number of amides is 1. The SMILES string of the molecule is C=CCn1c(=NC(=O)c2ccc(S(=O)(=O)N(CCC)CCC)cc2)sc2ccccc21. The zero-order valence-corrected chi connectivity index (χ0v) is 19.5. The third-order valence-electron chi connectivity index (χ3n) is 4.78. The summed E-state index contributed by atoms with van der Waals surface area (Å²) in [5.41, 5.74) is 1.34. The van der Waals surface area contributed by atoms with Gasteiger partial charge in [-0.3, -0.25) is 4.79 Å². The van der Waals surface area contributed by atoms with Crippen LogP contribution in [-0.4, -0.2) is 36.3 Å². The first kappa shape index (κ1) is 23.1. The molecule has 0 radical (unpaired) electrons. The molecule has 0 saturated heterocycles. The topological polar surface area (TPSA) is 71.7 Å². The van der Waals surface area contributed by atoms with Gasteiger partial charge in [0, 0.05) is 25.2 Å². The summed E-state index contributed by atoms with van der Waals surface area (Å²) >= 11 is 1.43. The van der Waals surface area contributed by atoms with Gasteiger partial charge < -0.3 is 4.57 Å². The largest absolute Gasteiger partial charge is 0.312 e. The van der Waals surface area contributed by atoms with Gasteiger partial charge in [0.1, 0.15) is 0 Å². The highest BCUT2D eigenvalue weighted by atomic mass is 32.2. The van der Waals surface area contributed by atoms with E-state index in [1.807, 2.05) is 42.7 Å². The number of carbonyl (C=O) groups excluding carboxylic acids is 1. The molecule has 2 aromatic carbocycles. The van der Waals surface area contributed by atoms with Gasteiger partial charge in [-0.2, -0.15) is 9.30 Å². The van der Waals surface area contributed by atoms with E-state index >= 15 is 0 Å². The smallest absolute Gasteiger partial charge is 0.279 e. The van der Waals surface area contributed by atoms with E-state index in [9.17, 15) is 13.2 Å². The number of fused-ring (bicyclic) bond motifs is 1. The fourth-order valence-electron chi connectivity index (χ4n) is 3.33. The molecule has 0 aliphatic carbocycles. The van der Waals surface area contributed by atoms with Crippen molar-refractivity contribution in [3.63, 3.8) is 0 Å². The molecule has 1 heterocycles. The van der Waals surface area contributed by atoms with Crippen molar-refractivity contribution < 1.29 is 13.2 Å². The zero-order chi connectivity index (χ0) is 22.4. The monoisotopic (exact) mass is 457 g/mol. The van der Waals surface area contributed by atoms with Gasteiger partial charge in [-0.1, -0.05) is 43.4 Å². The molecule has 0 aliphatic rings. The Morgan fingerprint density at radius 2 is 1.74 bits per heavy atom. The average Bonchev–Trinajstić information content (AvgIpc) is 3.11. The highest BCUT2D eigenvalue weighted by Crippen LogP contribution is 2.19. The van der Waals surface area contributed by atoms with E-state index < -0.39 is 15.9 Å². The average molecular weight is 458 g/mol. The molecule has 8 heteroatoms. The standard InChI is InChI=1S/C23H27N3O3S2/c1-4-15-25(16-5-2)31(28,29)19-13-11-18(12-14-19)22(27)24-23-26(17-6-3)20-9-7-8-10-21(20)30-23/h6-14H,3-5,15-17H2,1-2H3. The molecule has 0 N–H and O–H groups in total. The lowest BCUT2D eigenvalue weighted by Gasteiger charge is -2.21. The minimum atomic E-state index is -3.58. The van der Waals surface area contributed by atoms with Crippen molar-refractivity contribution in [3.8, 4) is 0 Å². The molecule has 0 spiro atoms. The second kappa shape index (κ2) is 10.2. The summed E-state index contributed by atoms with van der Waals surface area (Å²) in [4.78, 5) is 17.9. The summed E-state index contributed by atoms with van der Waals surface area (Å²) in [5.74, 6) is -0.410. The number of carbonyl (C=O) groups is 1. The van der Waals surface area contributed by atoms with E-state index in [-0.39, 0.29) is 4.90 Å². The Hall–Kier alpha value is -2.55. The molecule has 6 nitrogen and oxygen atoms in total. The van der Waals surface area contributed by atoms with Gasteiger partial charge >= 0.3 is 0 Å². The first-order chi connectivity index (χ1) is 14.9. The first-order valence-corrected chi connectivity index (χ1v) is 12.6. The molecule has 0 atom stereocenters. The molecule has 0 unspecified atom stereocenters.